The molecule has 0 saturated carbocycles. The van der Waals surface area contributed by atoms with E-state index in [1.165, 1.54) is 0 Å². The molecule has 0 heterocycles. The molecule has 4 heteroatoms. The lowest BCUT2D eigenvalue weighted by Gasteiger charge is -2.17. The first-order chi connectivity index (χ1) is 7.44. The Morgan fingerprint density at radius 2 is 2.19 bits per heavy atom. The van der Waals surface area contributed by atoms with E-state index in [1.54, 1.807) is 32.0 Å². The highest BCUT2D eigenvalue weighted by Gasteiger charge is 2.14. The van der Waals surface area contributed by atoms with Crippen LogP contribution in [0.1, 0.15) is 30.6 Å². The van der Waals surface area contributed by atoms with E-state index in [4.69, 9.17) is 16.3 Å². The summed E-state index contributed by atoms with van der Waals surface area (Å²) in [6.45, 7) is 3.71. The van der Waals surface area contributed by atoms with Gasteiger partial charge in [-0.3, -0.25) is 4.79 Å². The van der Waals surface area contributed by atoms with Crippen LogP contribution in [0.5, 0.6) is 5.75 Å². The molecule has 0 fully saturated rings. The maximum atomic E-state index is 10.8. The lowest BCUT2D eigenvalue weighted by atomic mass is 10.1. The Morgan fingerprint density at radius 3 is 2.75 bits per heavy atom. The number of para-hydroxylation sites is 1. The van der Waals surface area contributed by atoms with Crippen molar-refractivity contribution in [1.29, 1.82) is 0 Å². The average Bonchev–Trinajstić information content (AvgIpc) is 2.18. The molecule has 16 heavy (non-hydrogen) atoms. The van der Waals surface area contributed by atoms with Crippen molar-refractivity contribution in [3.63, 3.8) is 0 Å². The SMILES string of the molecule is CC(C)(O)CCOc1c(Cl)cccc1C=O. The molecule has 1 rings (SSSR count). The molecule has 0 spiro atoms. The Morgan fingerprint density at radius 1 is 1.50 bits per heavy atom. The van der Waals surface area contributed by atoms with E-state index < -0.39 is 5.60 Å². The second-order valence-electron chi connectivity index (χ2n) is 4.19. The van der Waals surface area contributed by atoms with E-state index in [9.17, 15) is 9.90 Å². The zero-order chi connectivity index (χ0) is 12.2. The summed E-state index contributed by atoms with van der Waals surface area (Å²) in [5.74, 6) is 0.378. The molecule has 0 aliphatic carbocycles. The minimum Gasteiger partial charge on any atom is -0.491 e. The van der Waals surface area contributed by atoms with E-state index in [2.05, 4.69) is 0 Å². The number of halogens is 1. The summed E-state index contributed by atoms with van der Waals surface area (Å²) < 4.78 is 5.41. The highest BCUT2D eigenvalue weighted by atomic mass is 35.5. The van der Waals surface area contributed by atoms with E-state index >= 15 is 0 Å². The molecule has 0 unspecified atom stereocenters. The number of benzene rings is 1. The number of carbonyl (C=O) groups is 1. The molecule has 1 N–H and O–H groups in total. The second-order valence-corrected chi connectivity index (χ2v) is 4.59. The summed E-state index contributed by atoms with van der Waals surface area (Å²) in [7, 11) is 0. The summed E-state index contributed by atoms with van der Waals surface area (Å²) in [6, 6.07) is 4.99. The van der Waals surface area contributed by atoms with Crippen molar-refractivity contribution in [2.75, 3.05) is 6.61 Å². The Labute approximate surface area is 100.0 Å². The quantitative estimate of drug-likeness (QED) is 0.808. The van der Waals surface area contributed by atoms with Gasteiger partial charge in [-0.05, 0) is 26.0 Å². The summed E-state index contributed by atoms with van der Waals surface area (Å²) in [5.41, 5.74) is -0.369. The monoisotopic (exact) mass is 242 g/mol. The molecule has 1 aromatic carbocycles. The normalized spacial score (nSPS) is 11.2. The van der Waals surface area contributed by atoms with E-state index in [-0.39, 0.29) is 0 Å². The van der Waals surface area contributed by atoms with Crippen molar-refractivity contribution in [2.45, 2.75) is 25.9 Å². The molecule has 88 valence electrons. The molecule has 3 nitrogen and oxygen atoms in total. The summed E-state index contributed by atoms with van der Waals surface area (Å²) in [5, 5.41) is 9.91. The van der Waals surface area contributed by atoms with Gasteiger partial charge in [0.1, 0.15) is 5.75 Å². The van der Waals surface area contributed by atoms with Gasteiger partial charge < -0.3 is 9.84 Å². The minimum absolute atomic E-state index is 0.314. The zero-order valence-electron chi connectivity index (χ0n) is 9.37. The van der Waals surface area contributed by atoms with Crippen molar-refractivity contribution < 1.29 is 14.6 Å². The topological polar surface area (TPSA) is 46.5 Å². The fourth-order valence-corrected chi connectivity index (χ4v) is 1.41. The van der Waals surface area contributed by atoms with Crippen LogP contribution in [0.3, 0.4) is 0 Å². The molecule has 0 aliphatic heterocycles. The molecular formula is C12H15ClO3. The summed E-state index contributed by atoms with van der Waals surface area (Å²) in [4.78, 5) is 10.8. The van der Waals surface area contributed by atoms with Gasteiger partial charge in [-0.15, -0.1) is 0 Å². The molecular weight excluding hydrogens is 228 g/mol. The van der Waals surface area contributed by atoms with Gasteiger partial charge in [0.2, 0.25) is 0 Å². The van der Waals surface area contributed by atoms with Crippen LogP contribution in [0.15, 0.2) is 18.2 Å². The van der Waals surface area contributed by atoms with Crippen LogP contribution in [0, 0.1) is 0 Å². The first-order valence-electron chi connectivity index (χ1n) is 5.03. The third kappa shape index (κ3) is 3.83. The number of carbonyl (C=O) groups excluding carboxylic acids is 1. The van der Waals surface area contributed by atoms with Crippen LogP contribution in [0.4, 0.5) is 0 Å². The third-order valence-electron chi connectivity index (χ3n) is 2.08. The predicted molar refractivity (Wildman–Crippen MR) is 63.2 cm³/mol. The van der Waals surface area contributed by atoms with Crippen LogP contribution in [-0.4, -0.2) is 23.6 Å². The molecule has 0 saturated heterocycles. The number of ether oxygens (including phenoxy) is 1. The maximum absolute atomic E-state index is 10.8. The molecule has 0 amide bonds. The molecule has 0 aliphatic rings. The van der Waals surface area contributed by atoms with Crippen molar-refractivity contribution in [1.82, 2.24) is 0 Å². The smallest absolute Gasteiger partial charge is 0.153 e. The molecule has 0 bridgehead atoms. The second kappa shape index (κ2) is 5.32. The Bertz CT molecular complexity index is 369. The number of hydrogen-bond donors (Lipinski definition) is 1. The lowest BCUT2D eigenvalue weighted by molar-refractivity contribution is 0.0553. The fraction of sp³-hybridized carbons (Fsp3) is 0.417. The predicted octanol–water partition coefficient (Wildman–Crippen LogP) is 2.69. The van der Waals surface area contributed by atoms with Gasteiger partial charge in [0.05, 0.1) is 22.8 Å². The van der Waals surface area contributed by atoms with Gasteiger partial charge >= 0.3 is 0 Å². The molecule has 0 atom stereocenters. The minimum atomic E-state index is -0.789. The van der Waals surface area contributed by atoms with Crippen molar-refractivity contribution >= 4 is 17.9 Å². The van der Waals surface area contributed by atoms with Crippen LogP contribution in [0.25, 0.3) is 0 Å². The highest BCUT2D eigenvalue weighted by Crippen LogP contribution is 2.27. The number of rotatable bonds is 5. The number of aliphatic hydroxyl groups is 1. The summed E-state index contributed by atoms with van der Waals surface area (Å²) >= 11 is 5.91. The van der Waals surface area contributed by atoms with E-state index in [0.29, 0.717) is 35.6 Å². The zero-order valence-corrected chi connectivity index (χ0v) is 10.1. The molecule has 0 aromatic heterocycles. The van der Waals surface area contributed by atoms with Crippen LogP contribution in [0.2, 0.25) is 5.02 Å². The van der Waals surface area contributed by atoms with Gasteiger partial charge in [-0.1, -0.05) is 17.7 Å². The van der Waals surface area contributed by atoms with Gasteiger partial charge in [0.25, 0.3) is 0 Å². The van der Waals surface area contributed by atoms with E-state index in [0.717, 1.165) is 0 Å². The maximum Gasteiger partial charge on any atom is 0.153 e. The number of aldehydes is 1. The standard InChI is InChI=1S/C12H15ClO3/c1-12(2,15)6-7-16-11-9(8-14)4-3-5-10(11)13/h3-5,8,15H,6-7H2,1-2H3. The van der Waals surface area contributed by atoms with Gasteiger partial charge in [-0.25, -0.2) is 0 Å². The van der Waals surface area contributed by atoms with Crippen molar-refractivity contribution in [2.24, 2.45) is 0 Å². The highest BCUT2D eigenvalue weighted by molar-refractivity contribution is 6.32. The summed E-state index contributed by atoms with van der Waals surface area (Å²) in [6.07, 6.45) is 1.17. The lowest BCUT2D eigenvalue weighted by Crippen LogP contribution is -2.22. The van der Waals surface area contributed by atoms with Crippen molar-refractivity contribution in [3.05, 3.63) is 28.8 Å². The van der Waals surface area contributed by atoms with Gasteiger partial charge in [-0.2, -0.15) is 0 Å². The Balaban J connectivity index is 2.70. The molecule has 0 radical (unpaired) electrons. The molecule has 1 aromatic rings. The Hall–Kier alpha value is -1.06. The average molecular weight is 243 g/mol. The Kier molecular flexibility index (Phi) is 4.33. The first-order valence-corrected chi connectivity index (χ1v) is 5.41. The number of hydrogen-bond acceptors (Lipinski definition) is 3. The van der Waals surface area contributed by atoms with Crippen LogP contribution >= 0.6 is 11.6 Å². The van der Waals surface area contributed by atoms with Gasteiger partial charge in [0.15, 0.2) is 6.29 Å². The first kappa shape index (κ1) is 13.0. The van der Waals surface area contributed by atoms with Crippen LogP contribution in [-0.2, 0) is 0 Å². The largest absolute Gasteiger partial charge is 0.491 e. The third-order valence-corrected chi connectivity index (χ3v) is 2.38. The van der Waals surface area contributed by atoms with E-state index in [1.807, 2.05) is 0 Å². The van der Waals surface area contributed by atoms with Crippen molar-refractivity contribution in [3.8, 4) is 5.75 Å². The van der Waals surface area contributed by atoms with Gasteiger partial charge in [0, 0.05) is 6.42 Å². The fourth-order valence-electron chi connectivity index (χ4n) is 1.17. The van der Waals surface area contributed by atoms with Crippen LogP contribution < -0.4 is 4.74 Å².